The fourth-order valence-corrected chi connectivity index (χ4v) is 2.22. The van der Waals surface area contributed by atoms with E-state index < -0.39 is 0 Å². The predicted octanol–water partition coefficient (Wildman–Crippen LogP) is 2.63. The number of ether oxygens (including phenoxy) is 1. The van der Waals surface area contributed by atoms with Crippen molar-refractivity contribution < 1.29 is 9.53 Å². The molecular weight excluding hydrogens is 250 g/mol. The molecule has 1 atom stereocenters. The van der Waals surface area contributed by atoms with Crippen molar-refractivity contribution >= 4 is 17.4 Å². The molecular formula is C14H18ClNO2. The normalized spacial score (nSPS) is 21.2. The van der Waals surface area contributed by atoms with E-state index in [1.165, 1.54) is 0 Å². The minimum atomic E-state index is -0.359. The topological polar surface area (TPSA) is 29.5 Å². The van der Waals surface area contributed by atoms with Crippen molar-refractivity contribution in [2.45, 2.75) is 26.0 Å². The number of carbonyl (C=O) groups is 1. The van der Waals surface area contributed by atoms with Gasteiger partial charge >= 0.3 is 0 Å². The number of hydrogen-bond donors (Lipinski definition) is 0. The van der Waals surface area contributed by atoms with Gasteiger partial charge in [0.2, 0.25) is 0 Å². The predicted molar refractivity (Wildman–Crippen MR) is 72.2 cm³/mol. The van der Waals surface area contributed by atoms with Crippen LogP contribution in [0.5, 0.6) is 0 Å². The average Bonchev–Trinajstić information content (AvgIpc) is 2.39. The van der Waals surface area contributed by atoms with Crippen LogP contribution in [-0.4, -0.2) is 42.5 Å². The van der Waals surface area contributed by atoms with Gasteiger partial charge in [0.25, 0.3) is 0 Å². The van der Waals surface area contributed by atoms with Gasteiger partial charge in [-0.05, 0) is 38.1 Å². The summed E-state index contributed by atoms with van der Waals surface area (Å²) >= 11 is 5.82. The first kappa shape index (κ1) is 13.5. The number of ketones is 1. The second-order valence-electron chi connectivity index (χ2n) is 4.82. The first-order chi connectivity index (χ1) is 8.58. The van der Waals surface area contributed by atoms with Crippen LogP contribution in [-0.2, 0) is 4.74 Å². The van der Waals surface area contributed by atoms with E-state index in [1.807, 2.05) is 0 Å². The summed E-state index contributed by atoms with van der Waals surface area (Å²) in [4.78, 5) is 14.6. The molecule has 4 heteroatoms. The Bertz CT molecular complexity index is 416. The molecule has 0 radical (unpaired) electrons. The van der Waals surface area contributed by atoms with Crippen molar-refractivity contribution in [1.82, 2.24) is 4.90 Å². The summed E-state index contributed by atoms with van der Waals surface area (Å²) in [6, 6.07) is 7.41. The summed E-state index contributed by atoms with van der Waals surface area (Å²) in [5.41, 5.74) is 0.662. The molecule has 1 saturated heterocycles. The maximum atomic E-state index is 12.3. The molecule has 1 heterocycles. The largest absolute Gasteiger partial charge is 0.367 e. The van der Waals surface area contributed by atoms with Gasteiger partial charge in [-0.1, -0.05) is 11.6 Å². The standard InChI is InChI=1S/C14H18ClNO2/c1-10(2)16-7-8-18-13(9-16)14(17)11-3-5-12(15)6-4-11/h3-6,10,13H,7-9H2,1-2H3. The molecule has 1 aromatic rings. The molecule has 1 aliphatic rings. The van der Waals surface area contributed by atoms with E-state index in [9.17, 15) is 4.79 Å². The van der Waals surface area contributed by atoms with Gasteiger partial charge in [0.1, 0.15) is 6.10 Å². The van der Waals surface area contributed by atoms with Gasteiger partial charge in [-0.25, -0.2) is 0 Å². The molecule has 0 aromatic heterocycles. The van der Waals surface area contributed by atoms with Crippen molar-refractivity contribution in [3.8, 4) is 0 Å². The first-order valence-electron chi connectivity index (χ1n) is 6.23. The van der Waals surface area contributed by atoms with Crippen LogP contribution < -0.4 is 0 Å². The molecule has 0 spiro atoms. The Morgan fingerprint density at radius 1 is 1.39 bits per heavy atom. The van der Waals surface area contributed by atoms with Gasteiger partial charge in [-0.3, -0.25) is 9.69 Å². The third-order valence-corrected chi connectivity index (χ3v) is 3.50. The highest BCUT2D eigenvalue weighted by Crippen LogP contribution is 2.16. The lowest BCUT2D eigenvalue weighted by atomic mass is 10.0. The van der Waals surface area contributed by atoms with Crippen LogP contribution in [0.1, 0.15) is 24.2 Å². The van der Waals surface area contributed by atoms with Crippen molar-refractivity contribution in [2.24, 2.45) is 0 Å². The van der Waals surface area contributed by atoms with Crippen LogP contribution in [0, 0.1) is 0 Å². The number of nitrogens with zero attached hydrogens (tertiary/aromatic N) is 1. The number of benzene rings is 1. The Balaban J connectivity index is 2.06. The molecule has 18 heavy (non-hydrogen) atoms. The van der Waals surface area contributed by atoms with E-state index in [1.54, 1.807) is 24.3 Å². The van der Waals surface area contributed by atoms with Crippen LogP contribution >= 0.6 is 11.6 Å². The number of rotatable bonds is 3. The number of halogens is 1. The molecule has 2 rings (SSSR count). The van der Waals surface area contributed by atoms with Gasteiger partial charge in [0.15, 0.2) is 5.78 Å². The number of carbonyl (C=O) groups excluding carboxylic acids is 1. The Kier molecular flexibility index (Phi) is 4.38. The summed E-state index contributed by atoms with van der Waals surface area (Å²) in [7, 11) is 0. The average molecular weight is 268 g/mol. The van der Waals surface area contributed by atoms with Crippen molar-refractivity contribution in [3.05, 3.63) is 34.9 Å². The first-order valence-corrected chi connectivity index (χ1v) is 6.61. The van der Waals surface area contributed by atoms with E-state index in [2.05, 4.69) is 18.7 Å². The van der Waals surface area contributed by atoms with Crippen molar-refractivity contribution in [3.63, 3.8) is 0 Å². The van der Waals surface area contributed by atoms with Crippen molar-refractivity contribution in [1.29, 1.82) is 0 Å². The Morgan fingerprint density at radius 3 is 2.67 bits per heavy atom. The molecule has 98 valence electrons. The molecule has 0 aliphatic carbocycles. The summed E-state index contributed by atoms with van der Waals surface area (Å²) in [5, 5.41) is 0.639. The lowest BCUT2D eigenvalue weighted by Crippen LogP contribution is -2.48. The number of Topliss-reactive ketones (excluding diaryl/α,β-unsaturated/α-hetero) is 1. The van der Waals surface area contributed by atoms with Crippen LogP contribution in [0.25, 0.3) is 0 Å². The highest BCUT2D eigenvalue weighted by atomic mass is 35.5. The molecule has 1 aliphatic heterocycles. The van der Waals surface area contributed by atoms with E-state index in [0.29, 0.717) is 29.8 Å². The minimum absolute atomic E-state index is 0.0389. The lowest BCUT2D eigenvalue weighted by Gasteiger charge is -2.34. The Hall–Kier alpha value is -0.900. The Labute approximate surface area is 113 Å². The van der Waals surface area contributed by atoms with Crippen LogP contribution in [0.2, 0.25) is 5.02 Å². The van der Waals surface area contributed by atoms with E-state index in [-0.39, 0.29) is 11.9 Å². The van der Waals surface area contributed by atoms with Crippen LogP contribution in [0.3, 0.4) is 0 Å². The fourth-order valence-electron chi connectivity index (χ4n) is 2.10. The summed E-state index contributed by atoms with van der Waals surface area (Å²) < 4.78 is 5.58. The third-order valence-electron chi connectivity index (χ3n) is 3.25. The summed E-state index contributed by atoms with van der Waals surface area (Å²) in [6.45, 7) is 6.44. The molecule has 0 amide bonds. The van der Waals surface area contributed by atoms with Gasteiger partial charge in [0, 0.05) is 29.7 Å². The molecule has 3 nitrogen and oxygen atoms in total. The number of hydrogen-bond acceptors (Lipinski definition) is 3. The van der Waals surface area contributed by atoms with Crippen LogP contribution in [0.15, 0.2) is 24.3 Å². The van der Waals surface area contributed by atoms with Gasteiger partial charge in [-0.2, -0.15) is 0 Å². The number of morpholine rings is 1. The quantitative estimate of drug-likeness (QED) is 0.789. The summed E-state index contributed by atoms with van der Waals surface area (Å²) in [5.74, 6) is 0.0389. The van der Waals surface area contributed by atoms with E-state index in [0.717, 1.165) is 6.54 Å². The molecule has 1 unspecified atom stereocenters. The van der Waals surface area contributed by atoms with Crippen molar-refractivity contribution in [2.75, 3.05) is 19.7 Å². The maximum Gasteiger partial charge on any atom is 0.192 e. The monoisotopic (exact) mass is 267 g/mol. The smallest absolute Gasteiger partial charge is 0.192 e. The SMILES string of the molecule is CC(C)N1CCOC(C(=O)c2ccc(Cl)cc2)C1. The molecule has 1 fully saturated rings. The van der Waals surface area contributed by atoms with E-state index in [4.69, 9.17) is 16.3 Å². The van der Waals surface area contributed by atoms with Gasteiger partial charge in [-0.15, -0.1) is 0 Å². The van der Waals surface area contributed by atoms with Gasteiger partial charge < -0.3 is 4.74 Å². The third kappa shape index (κ3) is 3.10. The summed E-state index contributed by atoms with van der Waals surface area (Å²) in [6.07, 6.45) is -0.359. The van der Waals surface area contributed by atoms with E-state index >= 15 is 0 Å². The lowest BCUT2D eigenvalue weighted by molar-refractivity contribution is -0.0256. The highest BCUT2D eigenvalue weighted by Gasteiger charge is 2.28. The highest BCUT2D eigenvalue weighted by molar-refractivity contribution is 6.30. The molecule has 0 N–H and O–H groups in total. The fraction of sp³-hybridized carbons (Fsp3) is 0.500. The zero-order chi connectivity index (χ0) is 13.1. The Morgan fingerprint density at radius 2 is 2.06 bits per heavy atom. The zero-order valence-corrected chi connectivity index (χ0v) is 11.5. The molecule has 1 aromatic carbocycles. The molecule has 0 saturated carbocycles. The van der Waals surface area contributed by atoms with Crippen LogP contribution in [0.4, 0.5) is 0 Å². The second kappa shape index (κ2) is 5.83. The van der Waals surface area contributed by atoms with Gasteiger partial charge in [0.05, 0.1) is 6.61 Å². The second-order valence-corrected chi connectivity index (χ2v) is 5.26. The maximum absolute atomic E-state index is 12.3. The zero-order valence-electron chi connectivity index (χ0n) is 10.7. The molecule has 0 bridgehead atoms. The minimum Gasteiger partial charge on any atom is -0.367 e.